The van der Waals surface area contributed by atoms with Gasteiger partial charge in [-0.15, -0.1) is 0 Å². The lowest BCUT2D eigenvalue weighted by atomic mass is 10.4. The molecule has 0 unspecified atom stereocenters. The van der Waals surface area contributed by atoms with Crippen molar-refractivity contribution in [2.24, 2.45) is 0 Å². The van der Waals surface area contributed by atoms with Gasteiger partial charge in [0.15, 0.2) is 5.03 Å². The van der Waals surface area contributed by atoms with E-state index in [9.17, 15) is 8.42 Å². The first kappa shape index (κ1) is 13.1. The molecule has 6 nitrogen and oxygen atoms in total. The molecule has 16 heavy (non-hydrogen) atoms. The van der Waals surface area contributed by atoms with E-state index in [1.807, 2.05) is 0 Å². The zero-order valence-corrected chi connectivity index (χ0v) is 10.1. The molecular formula is C9H17N3O3S. The van der Waals surface area contributed by atoms with E-state index >= 15 is 0 Å². The van der Waals surface area contributed by atoms with E-state index in [-0.39, 0.29) is 11.6 Å². The Hall–Kier alpha value is -0.920. The number of hydrogen-bond donors (Lipinski definition) is 2. The van der Waals surface area contributed by atoms with E-state index in [4.69, 9.17) is 4.74 Å². The van der Waals surface area contributed by atoms with Crippen molar-refractivity contribution in [3.8, 4) is 0 Å². The fourth-order valence-corrected chi connectivity index (χ4v) is 1.98. The molecule has 0 aliphatic carbocycles. The molecule has 0 bridgehead atoms. The molecule has 0 amide bonds. The highest BCUT2D eigenvalue weighted by Gasteiger charge is 2.13. The molecule has 0 saturated carbocycles. The van der Waals surface area contributed by atoms with Crippen molar-refractivity contribution in [2.75, 3.05) is 19.8 Å². The first-order valence-electron chi connectivity index (χ1n) is 5.22. The molecule has 2 N–H and O–H groups in total. The number of rotatable bonds is 8. The molecule has 0 atom stereocenters. The van der Waals surface area contributed by atoms with Crippen LogP contribution in [0.1, 0.15) is 19.8 Å². The van der Waals surface area contributed by atoms with Crippen molar-refractivity contribution in [3.05, 3.63) is 12.5 Å². The average molecular weight is 247 g/mol. The van der Waals surface area contributed by atoms with E-state index < -0.39 is 10.0 Å². The van der Waals surface area contributed by atoms with Crippen molar-refractivity contribution in [2.45, 2.75) is 24.8 Å². The molecule has 1 rings (SSSR count). The Kier molecular flexibility index (Phi) is 5.44. The molecular weight excluding hydrogens is 230 g/mol. The average Bonchev–Trinajstić information content (AvgIpc) is 2.77. The van der Waals surface area contributed by atoms with Gasteiger partial charge in [-0.05, 0) is 6.42 Å². The summed E-state index contributed by atoms with van der Waals surface area (Å²) >= 11 is 0. The fraction of sp³-hybridized carbons (Fsp3) is 0.667. The number of nitrogens with one attached hydrogen (secondary N) is 2. The van der Waals surface area contributed by atoms with Crippen LogP contribution in [0, 0.1) is 0 Å². The molecule has 1 heterocycles. The van der Waals surface area contributed by atoms with E-state index in [1.54, 1.807) is 0 Å². The lowest BCUT2D eigenvalue weighted by Gasteiger charge is -2.05. The highest BCUT2D eigenvalue weighted by Crippen LogP contribution is 2.00. The number of aromatic nitrogens is 2. The van der Waals surface area contributed by atoms with E-state index in [1.165, 1.54) is 12.5 Å². The van der Waals surface area contributed by atoms with Crippen LogP contribution < -0.4 is 4.72 Å². The summed E-state index contributed by atoms with van der Waals surface area (Å²) in [4.78, 5) is 6.19. The minimum Gasteiger partial charge on any atom is -0.380 e. The Morgan fingerprint density at radius 2 is 2.31 bits per heavy atom. The van der Waals surface area contributed by atoms with Crippen LogP contribution in [0.4, 0.5) is 0 Å². The standard InChI is InChI=1S/C9H17N3O3S/c1-2-3-5-15-6-4-12-16(13,14)9-7-10-8-11-9/h7-8,12H,2-6H2,1H3,(H,10,11). The van der Waals surface area contributed by atoms with Crippen LogP contribution in [0.5, 0.6) is 0 Å². The van der Waals surface area contributed by atoms with Gasteiger partial charge in [-0.1, -0.05) is 13.3 Å². The minimum atomic E-state index is -3.46. The SMILES string of the molecule is CCCCOCCNS(=O)(=O)c1cnc[nH]1. The number of aromatic amines is 1. The number of sulfonamides is 1. The van der Waals surface area contributed by atoms with Crippen LogP contribution >= 0.6 is 0 Å². The Morgan fingerprint density at radius 1 is 1.50 bits per heavy atom. The number of unbranched alkanes of at least 4 members (excludes halogenated alkanes) is 1. The summed E-state index contributed by atoms with van der Waals surface area (Å²) in [7, 11) is -3.46. The summed E-state index contributed by atoms with van der Waals surface area (Å²) in [6, 6.07) is 0. The summed E-state index contributed by atoms with van der Waals surface area (Å²) in [5.41, 5.74) is 0. The molecule has 0 spiro atoms. The van der Waals surface area contributed by atoms with Crippen LogP contribution in [0.3, 0.4) is 0 Å². The second-order valence-electron chi connectivity index (χ2n) is 3.28. The zero-order chi connectivity index (χ0) is 11.9. The van der Waals surface area contributed by atoms with Gasteiger partial charge in [-0.2, -0.15) is 0 Å². The molecule has 1 aromatic heterocycles. The Balaban J connectivity index is 2.22. The van der Waals surface area contributed by atoms with Crippen LogP contribution in [-0.4, -0.2) is 38.1 Å². The Labute approximate surface area is 95.5 Å². The summed E-state index contributed by atoms with van der Waals surface area (Å²) < 4.78 is 30.7. The van der Waals surface area contributed by atoms with Crippen LogP contribution in [0.2, 0.25) is 0 Å². The van der Waals surface area contributed by atoms with Crippen LogP contribution in [0.15, 0.2) is 17.6 Å². The maximum absolute atomic E-state index is 11.5. The van der Waals surface area contributed by atoms with Gasteiger partial charge >= 0.3 is 0 Å². The molecule has 92 valence electrons. The fourth-order valence-electron chi connectivity index (χ4n) is 1.06. The second-order valence-corrected chi connectivity index (χ2v) is 5.01. The van der Waals surface area contributed by atoms with Crippen molar-refractivity contribution >= 4 is 10.0 Å². The zero-order valence-electron chi connectivity index (χ0n) is 9.27. The molecule has 1 aromatic rings. The maximum atomic E-state index is 11.5. The van der Waals surface area contributed by atoms with E-state index in [0.29, 0.717) is 13.2 Å². The molecule has 0 radical (unpaired) electrons. The van der Waals surface area contributed by atoms with Crippen molar-refractivity contribution in [3.63, 3.8) is 0 Å². The third-order valence-electron chi connectivity index (χ3n) is 1.94. The van der Waals surface area contributed by atoms with Crippen LogP contribution in [-0.2, 0) is 14.8 Å². The number of hydrogen-bond acceptors (Lipinski definition) is 4. The Morgan fingerprint density at radius 3 is 2.94 bits per heavy atom. The van der Waals surface area contributed by atoms with Gasteiger partial charge < -0.3 is 9.72 Å². The lowest BCUT2D eigenvalue weighted by molar-refractivity contribution is 0.136. The first-order chi connectivity index (χ1) is 7.67. The van der Waals surface area contributed by atoms with Crippen molar-refractivity contribution in [1.29, 1.82) is 0 Å². The number of nitrogens with zero attached hydrogens (tertiary/aromatic N) is 1. The normalized spacial score (nSPS) is 11.8. The number of ether oxygens (including phenoxy) is 1. The van der Waals surface area contributed by atoms with Crippen molar-refractivity contribution in [1.82, 2.24) is 14.7 Å². The summed E-state index contributed by atoms with van der Waals surface area (Å²) in [6.45, 7) is 3.39. The minimum absolute atomic E-state index is 0.0704. The highest BCUT2D eigenvalue weighted by atomic mass is 32.2. The highest BCUT2D eigenvalue weighted by molar-refractivity contribution is 7.89. The van der Waals surface area contributed by atoms with Gasteiger partial charge in [0.1, 0.15) is 0 Å². The van der Waals surface area contributed by atoms with Crippen molar-refractivity contribution < 1.29 is 13.2 Å². The number of imidazole rings is 1. The first-order valence-corrected chi connectivity index (χ1v) is 6.71. The Bertz CT molecular complexity index is 375. The number of H-pyrrole nitrogens is 1. The maximum Gasteiger partial charge on any atom is 0.257 e. The summed E-state index contributed by atoms with van der Waals surface area (Å²) in [5.74, 6) is 0. The third-order valence-corrected chi connectivity index (χ3v) is 3.33. The molecule has 0 aliphatic rings. The molecule has 0 aliphatic heterocycles. The van der Waals surface area contributed by atoms with E-state index in [2.05, 4.69) is 21.6 Å². The third kappa shape index (κ3) is 4.30. The van der Waals surface area contributed by atoms with Gasteiger partial charge in [-0.25, -0.2) is 18.1 Å². The summed E-state index contributed by atoms with van der Waals surface area (Å²) in [6.07, 6.45) is 4.65. The summed E-state index contributed by atoms with van der Waals surface area (Å²) in [5, 5.41) is 0.0704. The predicted molar refractivity (Wildman–Crippen MR) is 59.5 cm³/mol. The molecule has 0 fully saturated rings. The van der Waals surface area contributed by atoms with Crippen LogP contribution in [0.25, 0.3) is 0 Å². The van der Waals surface area contributed by atoms with Gasteiger partial charge in [0, 0.05) is 13.2 Å². The van der Waals surface area contributed by atoms with Gasteiger partial charge in [0.05, 0.1) is 19.1 Å². The van der Waals surface area contributed by atoms with E-state index in [0.717, 1.165) is 12.8 Å². The molecule has 7 heteroatoms. The topological polar surface area (TPSA) is 84.1 Å². The quantitative estimate of drug-likeness (QED) is 0.655. The lowest BCUT2D eigenvalue weighted by Crippen LogP contribution is -2.27. The van der Waals surface area contributed by atoms with Gasteiger partial charge in [0.25, 0.3) is 10.0 Å². The largest absolute Gasteiger partial charge is 0.380 e. The molecule has 0 saturated heterocycles. The van der Waals surface area contributed by atoms with Gasteiger partial charge in [-0.3, -0.25) is 0 Å². The predicted octanol–water partition coefficient (Wildman–Crippen LogP) is 0.505. The second kappa shape index (κ2) is 6.62. The molecule has 0 aromatic carbocycles. The monoisotopic (exact) mass is 247 g/mol. The smallest absolute Gasteiger partial charge is 0.257 e. The van der Waals surface area contributed by atoms with Gasteiger partial charge in [0.2, 0.25) is 0 Å².